The molecule has 8 nitrogen and oxygen atoms in total. The van der Waals surface area contributed by atoms with Crippen LogP contribution in [0.5, 0.6) is 0 Å². The highest BCUT2D eigenvalue weighted by Crippen LogP contribution is 2.29. The third kappa shape index (κ3) is 4.72. The summed E-state index contributed by atoms with van der Waals surface area (Å²) in [5.74, 6) is -0.624. The number of nitrogens with one attached hydrogen (secondary N) is 1. The molecule has 0 radical (unpaired) electrons. The van der Waals surface area contributed by atoms with Crippen molar-refractivity contribution in [2.75, 3.05) is 11.4 Å². The number of hydrogen-bond acceptors (Lipinski definition) is 6. The second-order valence-electron chi connectivity index (χ2n) is 8.12. The van der Waals surface area contributed by atoms with Gasteiger partial charge >= 0.3 is 6.09 Å². The zero-order chi connectivity index (χ0) is 23.6. The molecule has 1 fully saturated rings. The lowest BCUT2D eigenvalue weighted by Crippen LogP contribution is -2.28. The number of anilines is 1. The number of rotatable bonds is 6. The second kappa shape index (κ2) is 8.78. The van der Waals surface area contributed by atoms with Crippen LogP contribution in [0, 0.1) is 11.2 Å². The van der Waals surface area contributed by atoms with Gasteiger partial charge in [-0.1, -0.05) is 18.2 Å². The molecule has 1 aliphatic rings. The maximum absolute atomic E-state index is 15.1. The van der Waals surface area contributed by atoms with Crippen LogP contribution in [0.25, 0.3) is 5.69 Å². The summed E-state index contributed by atoms with van der Waals surface area (Å²) in [7, 11) is 0. The molecular weight excluding hydrogens is 425 g/mol. The molecule has 9 heteroatoms. The summed E-state index contributed by atoms with van der Waals surface area (Å²) < 4.78 is 21.6. The normalized spacial score (nSPS) is 15.4. The van der Waals surface area contributed by atoms with Crippen molar-refractivity contribution >= 4 is 29.4 Å². The Morgan fingerprint density at radius 3 is 2.61 bits per heavy atom. The second-order valence-corrected chi connectivity index (χ2v) is 8.12. The molecule has 3 aromatic rings. The molecule has 0 spiro atoms. The minimum Gasteiger partial charge on any atom is -0.441 e. The summed E-state index contributed by atoms with van der Waals surface area (Å²) in [5, 5.41) is 11.8. The van der Waals surface area contributed by atoms with Crippen LogP contribution in [0.2, 0.25) is 0 Å². The summed E-state index contributed by atoms with van der Waals surface area (Å²) in [6, 6.07) is 14.6. The Balaban J connectivity index is 1.72. The first kappa shape index (κ1) is 22.1. The number of nitrogens with zero attached hydrogens (tertiary/aromatic N) is 4. The summed E-state index contributed by atoms with van der Waals surface area (Å²) in [4.78, 5) is 30.5. The molecule has 4 rings (SSSR count). The maximum atomic E-state index is 15.1. The predicted octanol–water partition coefficient (Wildman–Crippen LogP) is 4.27. The number of carbonyl (C=O) groups excluding carboxylic acids is 1. The number of ether oxygens (including phenoxy) is 1. The fraction of sp³-hybridized carbons (Fsp3) is 0.208. The number of halogens is 1. The molecule has 1 saturated heterocycles. The lowest BCUT2D eigenvalue weighted by Gasteiger charge is -2.16. The van der Waals surface area contributed by atoms with Crippen molar-refractivity contribution in [1.82, 2.24) is 9.78 Å². The minimum absolute atomic E-state index is 0.0261. The number of carbonyl (C=O) groups is 1. The monoisotopic (exact) mass is 447 g/mol. The van der Waals surface area contributed by atoms with Gasteiger partial charge in [-0.3, -0.25) is 14.7 Å². The van der Waals surface area contributed by atoms with Gasteiger partial charge in [0.15, 0.2) is 11.5 Å². The van der Waals surface area contributed by atoms with Gasteiger partial charge in [0.2, 0.25) is 5.43 Å². The Bertz CT molecular complexity index is 1300. The van der Waals surface area contributed by atoms with E-state index in [4.69, 9.17) is 10.1 Å². The van der Waals surface area contributed by atoms with Gasteiger partial charge in [0, 0.05) is 24.9 Å². The zero-order valence-corrected chi connectivity index (χ0v) is 18.2. The van der Waals surface area contributed by atoms with E-state index in [1.165, 1.54) is 34.0 Å². The van der Waals surface area contributed by atoms with E-state index >= 15 is 4.39 Å². The quantitative estimate of drug-likeness (QED) is 0.570. The van der Waals surface area contributed by atoms with E-state index in [0.29, 0.717) is 23.6 Å². The van der Waals surface area contributed by atoms with Gasteiger partial charge in [-0.25, -0.2) is 13.9 Å². The van der Waals surface area contributed by atoms with Gasteiger partial charge in [0.05, 0.1) is 23.6 Å². The first-order valence-electron chi connectivity index (χ1n) is 10.3. The summed E-state index contributed by atoms with van der Waals surface area (Å²) >= 11 is 0. The maximum Gasteiger partial charge on any atom is 0.415 e. The van der Waals surface area contributed by atoms with E-state index < -0.39 is 17.5 Å². The molecule has 0 atom stereocenters. The highest BCUT2D eigenvalue weighted by atomic mass is 19.1. The van der Waals surface area contributed by atoms with Crippen LogP contribution in [-0.4, -0.2) is 39.9 Å². The van der Waals surface area contributed by atoms with Crippen molar-refractivity contribution in [3.8, 4) is 5.69 Å². The SMILES string of the molecule is CC1(C)CN(c2ccc(-n3ccc(=O)c(C(CC=N)=Nc4ccccc4)n3)c(F)c2)C(=O)O1. The first-order chi connectivity index (χ1) is 15.8. The van der Waals surface area contributed by atoms with E-state index in [0.717, 1.165) is 6.21 Å². The topological polar surface area (TPSA) is 101 Å². The highest BCUT2D eigenvalue weighted by Gasteiger charge is 2.38. The molecule has 0 unspecified atom stereocenters. The van der Waals surface area contributed by atoms with Crippen molar-refractivity contribution in [2.45, 2.75) is 25.9 Å². The Morgan fingerprint density at radius 1 is 1.21 bits per heavy atom. The molecule has 33 heavy (non-hydrogen) atoms. The number of benzene rings is 2. The third-order valence-corrected chi connectivity index (χ3v) is 5.01. The fourth-order valence-corrected chi connectivity index (χ4v) is 3.51. The number of para-hydroxylation sites is 1. The fourth-order valence-electron chi connectivity index (χ4n) is 3.51. The van der Waals surface area contributed by atoms with E-state index in [-0.39, 0.29) is 23.2 Å². The van der Waals surface area contributed by atoms with Crippen molar-refractivity contribution < 1.29 is 13.9 Å². The molecule has 0 aliphatic carbocycles. The van der Waals surface area contributed by atoms with Gasteiger partial charge < -0.3 is 10.1 Å². The number of amides is 1. The van der Waals surface area contributed by atoms with Gasteiger partial charge in [0.25, 0.3) is 0 Å². The summed E-state index contributed by atoms with van der Waals surface area (Å²) in [6.45, 7) is 3.86. The molecular formula is C24H22FN5O3. The van der Waals surface area contributed by atoms with Crippen LogP contribution in [0.3, 0.4) is 0 Å². The van der Waals surface area contributed by atoms with Crippen molar-refractivity contribution in [2.24, 2.45) is 4.99 Å². The molecule has 168 valence electrons. The molecule has 2 heterocycles. The Kier molecular flexibility index (Phi) is 5.87. The molecule has 2 aromatic carbocycles. The Morgan fingerprint density at radius 2 is 1.97 bits per heavy atom. The van der Waals surface area contributed by atoms with Crippen LogP contribution in [0.4, 0.5) is 20.6 Å². The van der Waals surface area contributed by atoms with Crippen molar-refractivity contribution in [3.05, 3.63) is 82.5 Å². The number of aliphatic imine (C=N–C) groups is 1. The van der Waals surface area contributed by atoms with Gasteiger partial charge in [-0.2, -0.15) is 5.10 Å². The third-order valence-electron chi connectivity index (χ3n) is 5.01. The van der Waals surface area contributed by atoms with Crippen LogP contribution in [0.1, 0.15) is 26.0 Å². The average Bonchev–Trinajstić information content (AvgIpc) is 3.07. The van der Waals surface area contributed by atoms with Crippen LogP contribution < -0.4 is 10.3 Å². The van der Waals surface area contributed by atoms with Gasteiger partial charge in [0.1, 0.15) is 11.3 Å². The summed E-state index contributed by atoms with van der Waals surface area (Å²) in [6.07, 6.45) is 2.05. The van der Waals surface area contributed by atoms with E-state index in [2.05, 4.69) is 10.1 Å². The molecule has 1 aromatic heterocycles. The number of hydrogen-bond donors (Lipinski definition) is 1. The standard InChI is InChI=1S/C24H22FN5O3/c1-24(2)15-29(23(32)33-24)17-8-9-20(18(25)14-17)30-13-11-21(31)22(28-30)19(10-12-26)27-16-6-4-3-5-7-16/h3-9,11-14,26H,10,15H2,1-2H3. The van der Waals surface area contributed by atoms with Gasteiger partial charge in [-0.05, 0) is 44.2 Å². The zero-order valence-electron chi connectivity index (χ0n) is 18.2. The van der Waals surface area contributed by atoms with Crippen molar-refractivity contribution in [3.63, 3.8) is 0 Å². The van der Waals surface area contributed by atoms with Crippen LogP contribution in [-0.2, 0) is 4.74 Å². The largest absolute Gasteiger partial charge is 0.441 e. The predicted molar refractivity (Wildman–Crippen MR) is 124 cm³/mol. The molecule has 1 amide bonds. The lowest BCUT2D eigenvalue weighted by molar-refractivity contribution is 0.0871. The smallest absolute Gasteiger partial charge is 0.415 e. The average molecular weight is 447 g/mol. The Hall–Kier alpha value is -4.14. The number of cyclic esters (lactones) is 1. The summed E-state index contributed by atoms with van der Waals surface area (Å²) in [5.41, 5.74) is 0.352. The molecule has 1 N–H and O–H groups in total. The minimum atomic E-state index is -0.662. The molecule has 1 aliphatic heterocycles. The highest BCUT2D eigenvalue weighted by molar-refractivity contribution is 6.06. The Labute approximate surface area is 189 Å². The van der Waals surface area contributed by atoms with Crippen LogP contribution >= 0.6 is 0 Å². The lowest BCUT2D eigenvalue weighted by atomic mass is 10.1. The number of aromatic nitrogens is 2. The van der Waals surface area contributed by atoms with Crippen LogP contribution in [0.15, 0.2) is 70.6 Å². The molecule has 0 saturated carbocycles. The van der Waals surface area contributed by atoms with E-state index in [1.807, 2.05) is 18.2 Å². The first-order valence-corrected chi connectivity index (χ1v) is 10.3. The molecule has 0 bridgehead atoms. The van der Waals surface area contributed by atoms with Crippen molar-refractivity contribution in [1.29, 1.82) is 5.41 Å². The van der Waals surface area contributed by atoms with E-state index in [9.17, 15) is 9.59 Å². The van der Waals surface area contributed by atoms with E-state index in [1.54, 1.807) is 32.0 Å². The van der Waals surface area contributed by atoms with Gasteiger partial charge in [-0.15, -0.1) is 0 Å².